The highest BCUT2D eigenvalue weighted by atomic mass is 15.0. The molecule has 0 unspecified atom stereocenters. The molecule has 0 amide bonds. The Morgan fingerprint density at radius 3 is 3.00 bits per heavy atom. The summed E-state index contributed by atoms with van der Waals surface area (Å²) in [5, 5.41) is 3.42. The molecule has 1 aromatic heterocycles. The lowest BCUT2D eigenvalue weighted by atomic mass is 10.3. The normalized spacial score (nSPS) is 10.8. The maximum absolute atomic E-state index is 4.39. The van der Waals surface area contributed by atoms with Crippen molar-refractivity contribution in [2.24, 2.45) is 0 Å². The molecule has 0 aliphatic heterocycles. The van der Waals surface area contributed by atoms with Crippen LogP contribution in [0, 0.1) is 0 Å². The molecule has 0 saturated heterocycles. The summed E-state index contributed by atoms with van der Waals surface area (Å²) >= 11 is 0. The first-order chi connectivity index (χ1) is 8.77. The Labute approximate surface area is 109 Å². The molecule has 0 aliphatic carbocycles. The number of allylic oxidation sites excluding steroid dienone is 1. The predicted octanol–water partition coefficient (Wildman–Crippen LogP) is 2.98. The third kappa shape index (κ3) is 3.44. The fourth-order valence-electron chi connectivity index (χ4n) is 1.94. The molecule has 3 nitrogen and oxygen atoms in total. The molecule has 2 rings (SSSR count). The van der Waals surface area contributed by atoms with Crippen molar-refractivity contribution in [2.75, 3.05) is 13.1 Å². The highest BCUT2D eigenvalue weighted by Gasteiger charge is 1.99. The van der Waals surface area contributed by atoms with Crippen LogP contribution < -0.4 is 5.32 Å². The summed E-state index contributed by atoms with van der Waals surface area (Å²) in [6.07, 6.45) is 5.27. The maximum Gasteiger partial charge on any atom is 0.0958 e. The van der Waals surface area contributed by atoms with Crippen molar-refractivity contribution >= 4 is 11.0 Å². The largest absolute Gasteiger partial charge is 0.331 e. The zero-order chi connectivity index (χ0) is 12.8. The number of imidazole rings is 1. The van der Waals surface area contributed by atoms with Gasteiger partial charge in [0, 0.05) is 13.1 Å². The minimum atomic E-state index is 0.965. The second kappa shape index (κ2) is 6.36. The fourth-order valence-corrected chi connectivity index (χ4v) is 1.94. The van der Waals surface area contributed by atoms with Gasteiger partial charge in [-0.1, -0.05) is 23.8 Å². The lowest BCUT2D eigenvalue weighted by molar-refractivity contribution is 0.609. The number of nitrogens with one attached hydrogen (secondary N) is 1. The van der Waals surface area contributed by atoms with Gasteiger partial charge in [0.2, 0.25) is 0 Å². The first kappa shape index (κ1) is 12.8. The number of hydrogen-bond acceptors (Lipinski definition) is 2. The van der Waals surface area contributed by atoms with E-state index in [9.17, 15) is 0 Å². The topological polar surface area (TPSA) is 29.9 Å². The Hall–Kier alpha value is -1.61. The van der Waals surface area contributed by atoms with Crippen LogP contribution in [0.3, 0.4) is 0 Å². The van der Waals surface area contributed by atoms with E-state index in [1.54, 1.807) is 0 Å². The van der Waals surface area contributed by atoms with E-state index in [0.29, 0.717) is 0 Å². The number of hydrogen-bond donors (Lipinski definition) is 1. The first-order valence-corrected chi connectivity index (χ1v) is 6.51. The van der Waals surface area contributed by atoms with Gasteiger partial charge < -0.3 is 9.88 Å². The van der Waals surface area contributed by atoms with Gasteiger partial charge in [-0.25, -0.2) is 4.98 Å². The summed E-state index contributed by atoms with van der Waals surface area (Å²) in [5.41, 5.74) is 3.67. The van der Waals surface area contributed by atoms with E-state index in [0.717, 1.165) is 31.6 Å². The number of para-hydroxylation sites is 2. The molecule has 3 heteroatoms. The Morgan fingerprint density at radius 1 is 1.33 bits per heavy atom. The smallest absolute Gasteiger partial charge is 0.0958 e. The number of aryl methyl sites for hydroxylation is 1. The number of aromatic nitrogens is 2. The third-order valence-corrected chi connectivity index (χ3v) is 2.93. The monoisotopic (exact) mass is 243 g/mol. The van der Waals surface area contributed by atoms with Gasteiger partial charge in [0.1, 0.15) is 0 Å². The van der Waals surface area contributed by atoms with Crippen LogP contribution in [0.5, 0.6) is 0 Å². The molecular weight excluding hydrogens is 222 g/mol. The summed E-state index contributed by atoms with van der Waals surface area (Å²) in [6, 6.07) is 8.27. The quantitative estimate of drug-likeness (QED) is 0.624. The van der Waals surface area contributed by atoms with E-state index in [1.807, 2.05) is 12.4 Å². The standard InChI is InChI=1S/C15H21N3/c1-13(2)8-10-16-9-5-11-18-12-17-14-6-3-4-7-15(14)18/h3-4,6-8,12,16H,5,9-11H2,1-2H3. The van der Waals surface area contributed by atoms with E-state index >= 15 is 0 Å². The van der Waals surface area contributed by atoms with E-state index < -0.39 is 0 Å². The second-order valence-corrected chi connectivity index (χ2v) is 4.77. The average molecular weight is 243 g/mol. The van der Waals surface area contributed by atoms with Gasteiger partial charge in [-0.05, 0) is 38.9 Å². The van der Waals surface area contributed by atoms with Crippen molar-refractivity contribution in [3.05, 3.63) is 42.2 Å². The molecule has 0 saturated carbocycles. The summed E-state index contributed by atoms with van der Waals surface area (Å²) in [5.74, 6) is 0. The average Bonchev–Trinajstić information content (AvgIpc) is 2.77. The van der Waals surface area contributed by atoms with Gasteiger partial charge in [0.15, 0.2) is 0 Å². The van der Waals surface area contributed by atoms with Crippen LogP contribution in [-0.4, -0.2) is 22.6 Å². The molecule has 0 aliphatic rings. The van der Waals surface area contributed by atoms with E-state index in [2.05, 4.69) is 53.0 Å². The van der Waals surface area contributed by atoms with Crippen LogP contribution in [0.15, 0.2) is 42.2 Å². The zero-order valence-corrected chi connectivity index (χ0v) is 11.2. The van der Waals surface area contributed by atoms with Crippen molar-refractivity contribution < 1.29 is 0 Å². The molecule has 1 aromatic carbocycles. The van der Waals surface area contributed by atoms with Crippen LogP contribution in [0.1, 0.15) is 20.3 Å². The molecule has 2 aromatic rings. The number of benzene rings is 1. The molecule has 18 heavy (non-hydrogen) atoms. The lowest BCUT2D eigenvalue weighted by Crippen LogP contribution is -2.16. The minimum Gasteiger partial charge on any atom is -0.331 e. The SMILES string of the molecule is CC(C)=CCNCCCn1cnc2ccccc21. The van der Waals surface area contributed by atoms with Gasteiger partial charge >= 0.3 is 0 Å². The summed E-state index contributed by atoms with van der Waals surface area (Å²) in [7, 11) is 0. The lowest BCUT2D eigenvalue weighted by Gasteiger charge is -2.05. The summed E-state index contributed by atoms with van der Waals surface area (Å²) in [4.78, 5) is 4.39. The maximum atomic E-state index is 4.39. The van der Waals surface area contributed by atoms with Crippen molar-refractivity contribution in [3.8, 4) is 0 Å². The number of nitrogens with zero attached hydrogens (tertiary/aromatic N) is 2. The minimum absolute atomic E-state index is 0.965. The summed E-state index contributed by atoms with van der Waals surface area (Å²) < 4.78 is 2.22. The van der Waals surface area contributed by atoms with Crippen molar-refractivity contribution in [2.45, 2.75) is 26.8 Å². The van der Waals surface area contributed by atoms with E-state index in [-0.39, 0.29) is 0 Å². The predicted molar refractivity (Wildman–Crippen MR) is 76.7 cm³/mol. The molecular formula is C15H21N3. The van der Waals surface area contributed by atoms with Crippen LogP contribution in [0.25, 0.3) is 11.0 Å². The summed E-state index contributed by atoms with van der Waals surface area (Å²) in [6.45, 7) is 7.27. The zero-order valence-electron chi connectivity index (χ0n) is 11.2. The van der Waals surface area contributed by atoms with Crippen LogP contribution in [0.2, 0.25) is 0 Å². The van der Waals surface area contributed by atoms with Gasteiger partial charge in [-0.3, -0.25) is 0 Å². The van der Waals surface area contributed by atoms with E-state index in [1.165, 1.54) is 11.1 Å². The van der Waals surface area contributed by atoms with Gasteiger partial charge in [0.25, 0.3) is 0 Å². The number of rotatable bonds is 6. The Kier molecular flexibility index (Phi) is 4.53. The Balaban J connectivity index is 1.79. The molecule has 0 atom stereocenters. The molecule has 0 spiro atoms. The van der Waals surface area contributed by atoms with Crippen LogP contribution >= 0.6 is 0 Å². The Morgan fingerprint density at radius 2 is 2.17 bits per heavy atom. The second-order valence-electron chi connectivity index (χ2n) is 4.77. The van der Waals surface area contributed by atoms with Crippen LogP contribution in [-0.2, 0) is 6.54 Å². The highest BCUT2D eigenvalue weighted by molar-refractivity contribution is 5.74. The first-order valence-electron chi connectivity index (χ1n) is 6.51. The number of fused-ring (bicyclic) bond motifs is 1. The third-order valence-electron chi connectivity index (χ3n) is 2.93. The van der Waals surface area contributed by atoms with Crippen molar-refractivity contribution in [1.29, 1.82) is 0 Å². The molecule has 0 bridgehead atoms. The molecule has 96 valence electrons. The Bertz CT molecular complexity index is 521. The van der Waals surface area contributed by atoms with E-state index in [4.69, 9.17) is 0 Å². The fraction of sp³-hybridized carbons (Fsp3) is 0.400. The van der Waals surface area contributed by atoms with Crippen LogP contribution in [0.4, 0.5) is 0 Å². The molecule has 0 fully saturated rings. The van der Waals surface area contributed by atoms with Gasteiger partial charge in [-0.15, -0.1) is 0 Å². The highest BCUT2D eigenvalue weighted by Crippen LogP contribution is 2.11. The molecule has 0 radical (unpaired) electrons. The molecule has 1 heterocycles. The van der Waals surface area contributed by atoms with Crippen molar-refractivity contribution in [3.63, 3.8) is 0 Å². The van der Waals surface area contributed by atoms with Crippen molar-refractivity contribution in [1.82, 2.24) is 14.9 Å². The van der Waals surface area contributed by atoms with Gasteiger partial charge in [0.05, 0.1) is 17.4 Å². The molecule has 1 N–H and O–H groups in total. The van der Waals surface area contributed by atoms with Gasteiger partial charge in [-0.2, -0.15) is 0 Å².